The van der Waals surface area contributed by atoms with Gasteiger partial charge in [-0.3, -0.25) is 4.79 Å². The molecule has 4 aromatic rings. The van der Waals surface area contributed by atoms with Crippen LogP contribution in [-0.4, -0.2) is 28.8 Å². The fraction of sp³-hybridized carbons (Fsp3) is 0.0500. The molecule has 0 bridgehead atoms. The maximum Gasteiger partial charge on any atom is 0.337 e. The van der Waals surface area contributed by atoms with Gasteiger partial charge in [-0.05, 0) is 35.7 Å². The highest BCUT2D eigenvalue weighted by Gasteiger charge is 2.23. The fourth-order valence-electron chi connectivity index (χ4n) is 2.89. The summed E-state index contributed by atoms with van der Waals surface area (Å²) in [5.74, 6) is -0.818. The van der Waals surface area contributed by atoms with Crippen LogP contribution in [0.1, 0.15) is 20.7 Å². The summed E-state index contributed by atoms with van der Waals surface area (Å²) in [5.41, 5.74) is 2.04. The van der Waals surface area contributed by atoms with Crippen LogP contribution >= 0.6 is 34.5 Å². The van der Waals surface area contributed by atoms with Gasteiger partial charge in [0.25, 0.3) is 5.91 Å². The molecule has 0 unspecified atom stereocenters. The molecule has 0 amide bonds. The molecule has 140 valence electrons. The quantitative estimate of drug-likeness (QED) is 0.399. The molecule has 28 heavy (non-hydrogen) atoms. The summed E-state index contributed by atoms with van der Waals surface area (Å²) < 4.78 is 6.04. The summed E-state index contributed by atoms with van der Waals surface area (Å²) in [7, 11) is 1.33. The molecule has 2 aromatic carbocycles. The molecule has 4 rings (SSSR count). The second-order valence-electron chi connectivity index (χ2n) is 5.87. The summed E-state index contributed by atoms with van der Waals surface area (Å²) in [4.78, 5) is 25.4. The zero-order valence-electron chi connectivity index (χ0n) is 14.5. The highest BCUT2D eigenvalue weighted by molar-refractivity contribution is 7.17. The van der Waals surface area contributed by atoms with E-state index in [0.29, 0.717) is 16.1 Å². The van der Waals surface area contributed by atoms with Crippen LogP contribution in [0.3, 0.4) is 0 Å². The number of thiophene rings is 1. The number of nitrogens with zero attached hydrogens (tertiary/aromatic N) is 2. The predicted molar refractivity (Wildman–Crippen MR) is 111 cm³/mol. The van der Waals surface area contributed by atoms with Crippen molar-refractivity contribution < 1.29 is 14.3 Å². The molecule has 0 aliphatic carbocycles. The van der Waals surface area contributed by atoms with E-state index in [1.54, 1.807) is 42.5 Å². The van der Waals surface area contributed by atoms with E-state index in [9.17, 15) is 9.59 Å². The Bertz CT molecular complexity index is 1190. The first kappa shape index (κ1) is 18.7. The van der Waals surface area contributed by atoms with Crippen LogP contribution in [-0.2, 0) is 4.74 Å². The van der Waals surface area contributed by atoms with Crippen molar-refractivity contribution in [3.05, 3.63) is 75.1 Å². The fourth-order valence-corrected chi connectivity index (χ4v) is 4.29. The molecule has 0 radical (unpaired) electrons. The predicted octanol–water partition coefficient (Wildman–Crippen LogP) is 5.55. The number of fused-ring (bicyclic) bond motifs is 1. The van der Waals surface area contributed by atoms with Gasteiger partial charge in [0.05, 0.1) is 28.3 Å². The Hall–Kier alpha value is -2.67. The van der Waals surface area contributed by atoms with E-state index in [0.717, 1.165) is 10.9 Å². The Balaban J connectivity index is 1.82. The van der Waals surface area contributed by atoms with Crippen LogP contribution in [0.4, 0.5) is 0 Å². The second-order valence-corrected chi connectivity index (χ2v) is 7.58. The number of methoxy groups -OCH3 is 1. The summed E-state index contributed by atoms with van der Waals surface area (Å²) in [6.45, 7) is 0. The molecule has 0 fully saturated rings. The highest BCUT2D eigenvalue weighted by Crippen LogP contribution is 2.33. The van der Waals surface area contributed by atoms with E-state index in [2.05, 4.69) is 5.10 Å². The molecule has 0 aliphatic heterocycles. The molecule has 8 heteroatoms. The maximum atomic E-state index is 13.1. The number of rotatable bonds is 3. The standard InChI is InChI=1S/C20H12Cl2N2O3S/c1-27-20(26)12-7-5-11(6-8-12)17-13-9-10-28-19(13)24(23-17)18(25)16-14(21)3-2-4-15(16)22/h2-10H,1H3. The maximum absolute atomic E-state index is 13.1. The second kappa shape index (κ2) is 7.39. The minimum Gasteiger partial charge on any atom is -0.465 e. The minimum absolute atomic E-state index is 0.205. The van der Waals surface area contributed by atoms with Crippen molar-refractivity contribution in [3.63, 3.8) is 0 Å². The molecule has 2 heterocycles. The van der Waals surface area contributed by atoms with E-state index in [4.69, 9.17) is 27.9 Å². The van der Waals surface area contributed by atoms with Crippen molar-refractivity contribution in [1.29, 1.82) is 0 Å². The van der Waals surface area contributed by atoms with E-state index >= 15 is 0 Å². The van der Waals surface area contributed by atoms with Gasteiger partial charge in [0.1, 0.15) is 10.5 Å². The average molecular weight is 431 g/mol. The number of ether oxygens (including phenoxy) is 1. The lowest BCUT2D eigenvalue weighted by atomic mass is 10.1. The molecule has 5 nitrogen and oxygen atoms in total. The number of hydrogen-bond donors (Lipinski definition) is 0. The molecule has 2 aromatic heterocycles. The first-order valence-electron chi connectivity index (χ1n) is 8.15. The topological polar surface area (TPSA) is 61.2 Å². The van der Waals surface area contributed by atoms with Crippen LogP contribution in [0.25, 0.3) is 21.5 Å². The number of esters is 1. The van der Waals surface area contributed by atoms with Gasteiger partial charge >= 0.3 is 5.97 Å². The Morgan fingerprint density at radius 3 is 2.36 bits per heavy atom. The zero-order valence-corrected chi connectivity index (χ0v) is 16.8. The molecule has 0 N–H and O–H groups in total. The summed E-state index contributed by atoms with van der Waals surface area (Å²) in [6, 6.07) is 13.7. The Morgan fingerprint density at radius 1 is 1.04 bits per heavy atom. The monoisotopic (exact) mass is 430 g/mol. The van der Waals surface area contributed by atoms with Gasteiger partial charge in [-0.1, -0.05) is 41.4 Å². The van der Waals surface area contributed by atoms with Crippen molar-refractivity contribution in [1.82, 2.24) is 9.78 Å². The smallest absolute Gasteiger partial charge is 0.337 e. The number of hydrogen-bond acceptors (Lipinski definition) is 5. The number of carbonyl (C=O) groups excluding carboxylic acids is 2. The zero-order chi connectivity index (χ0) is 19.8. The summed E-state index contributed by atoms with van der Waals surface area (Å²) in [6.07, 6.45) is 0. The largest absolute Gasteiger partial charge is 0.465 e. The SMILES string of the molecule is COC(=O)c1ccc(-c2nn(C(=O)c3c(Cl)cccc3Cl)c3sccc23)cc1. The Morgan fingerprint density at radius 2 is 1.71 bits per heavy atom. The van der Waals surface area contributed by atoms with Gasteiger partial charge in [-0.25, -0.2) is 4.79 Å². The van der Waals surface area contributed by atoms with E-state index < -0.39 is 11.9 Å². The van der Waals surface area contributed by atoms with Gasteiger partial charge < -0.3 is 4.74 Å². The number of aromatic nitrogens is 2. The van der Waals surface area contributed by atoms with Crippen molar-refractivity contribution in [3.8, 4) is 11.3 Å². The summed E-state index contributed by atoms with van der Waals surface area (Å²) >= 11 is 13.8. The number of halogens is 2. The van der Waals surface area contributed by atoms with Gasteiger partial charge in [-0.2, -0.15) is 9.78 Å². The molecule has 0 aliphatic rings. The van der Waals surface area contributed by atoms with Gasteiger partial charge in [0, 0.05) is 10.9 Å². The van der Waals surface area contributed by atoms with Crippen molar-refractivity contribution in [2.24, 2.45) is 0 Å². The highest BCUT2D eigenvalue weighted by atomic mass is 35.5. The van der Waals surface area contributed by atoms with E-state index in [-0.39, 0.29) is 15.6 Å². The molecule has 0 saturated carbocycles. The molecular formula is C20H12Cl2N2O3S. The molecule has 0 saturated heterocycles. The molecular weight excluding hydrogens is 419 g/mol. The van der Waals surface area contributed by atoms with Gasteiger partial charge in [-0.15, -0.1) is 11.3 Å². The molecule has 0 atom stereocenters. The van der Waals surface area contributed by atoms with Crippen LogP contribution in [0.5, 0.6) is 0 Å². The van der Waals surface area contributed by atoms with Gasteiger partial charge in [0.2, 0.25) is 0 Å². The first-order valence-corrected chi connectivity index (χ1v) is 9.78. The lowest BCUT2D eigenvalue weighted by Crippen LogP contribution is -2.14. The normalized spacial score (nSPS) is 11.0. The van der Waals surface area contributed by atoms with Crippen LogP contribution in [0.15, 0.2) is 53.9 Å². The van der Waals surface area contributed by atoms with E-state index in [1.165, 1.54) is 23.1 Å². The molecule has 0 spiro atoms. The third kappa shape index (κ3) is 3.09. The Kier molecular flexibility index (Phi) is 4.93. The van der Waals surface area contributed by atoms with Crippen molar-refractivity contribution in [2.75, 3.05) is 7.11 Å². The van der Waals surface area contributed by atoms with Crippen LogP contribution < -0.4 is 0 Å². The lowest BCUT2D eigenvalue weighted by molar-refractivity contribution is 0.0600. The first-order chi connectivity index (χ1) is 13.5. The third-order valence-electron chi connectivity index (χ3n) is 4.24. The third-order valence-corrected chi connectivity index (χ3v) is 5.76. The summed E-state index contributed by atoms with van der Waals surface area (Å²) in [5, 5.41) is 7.76. The van der Waals surface area contributed by atoms with Crippen LogP contribution in [0, 0.1) is 0 Å². The number of carbonyl (C=O) groups is 2. The number of benzene rings is 2. The van der Waals surface area contributed by atoms with E-state index in [1.807, 2.05) is 11.4 Å². The van der Waals surface area contributed by atoms with Crippen LogP contribution in [0.2, 0.25) is 10.0 Å². The van der Waals surface area contributed by atoms with Crippen molar-refractivity contribution >= 4 is 56.6 Å². The van der Waals surface area contributed by atoms with Gasteiger partial charge in [0.15, 0.2) is 0 Å². The Labute approximate surface area is 174 Å². The lowest BCUT2D eigenvalue weighted by Gasteiger charge is -2.06. The minimum atomic E-state index is -0.415. The van der Waals surface area contributed by atoms with Crippen molar-refractivity contribution in [2.45, 2.75) is 0 Å². The average Bonchev–Trinajstić information content (AvgIpc) is 3.30.